The maximum Gasteiger partial charge on any atom is 0.0991 e. The van der Waals surface area contributed by atoms with E-state index in [-0.39, 0.29) is 0 Å². The molecule has 5 aromatic carbocycles. The Morgan fingerprint density at radius 3 is 1.74 bits per heavy atom. The van der Waals surface area contributed by atoms with Crippen molar-refractivity contribution in [1.82, 2.24) is 0 Å². The SMILES string of the molecule is C=CCc1cccc(N2c3ccccc3C3(c4cc(C#N)ccc4-c4ccc(C#N)cc43)c3ccccc32)c1. The minimum Gasteiger partial charge on any atom is -0.310 e. The van der Waals surface area contributed by atoms with Crippen molar-refractivity contribution in [2.45, 2.75) is 11.8 Å². The maximum atomic E-state index is 9.90. The van der Waals surface area contributed by atoms with Crippen molar-refractivity contribution in [3.05, 3.63) is 161 Å². The summed E-state index contributed by atoms with van der Waals surface area (Å²) >= 11 is 0. The lowest BCUT2D eigenvalue weighted by molar-refractivity contribution is 0.752. The van der Waals surface area contributed by atoms with E-state index in [9.17, 15) is 10.5 Å². The highest BCUT2D eigenvalue weighted by molar-refractivity contribution is 5.96. The Kier molecular flexibility index (Phi) is 5.02. The van der Waals surface area contributed by atoms with Crippen LogP contribution in [0, 0.1) is 22.7 Å². The van der Waals surface area contributed by atoms with Gasteiger partial charge in [0.15, 0.2) is 0 Å². The van der Waals surface area contributed by atoms with E-state index >= 15 is 0 Å². The van der Waals surface area contributed by atoms with Gasteiger partial charge in [-0.25, -0.2) is 0 Å². The van der Waals surface area contributed by atoms with Crippen molar-refractivity contribution in [3.63, 3.8) is 0 Å². The highest BCUT2D eigenvalue weighted by atomic mass is 15.2. The van der Waals surface area contributed by atoms with Gasteiger partial charge in [0.25, 0.3) is 0 Å². The highest BCUT2D eigenvalue weighted by Crippen LogP contribution is 2.63. The van der Waals surface area contributed by atoms with Gasteiger partial charge in [-0.3, -0.25) is 0 Å². The number of fused-ring (bicyclic) bond motifs is 9. The van der Waals surface area contributed by atoms with Crippen molar-refractivity contribution in [1.29, 1.82) is 10.5 Å². The van der Waals surface area contributed by atoms with E-state index in [1.165, 1.54) is 5.56 Å². The van der Waals surface area contributed by atoms with Crippen molar-refractivity contribution in [2.24, 2.45) is 0 Å². The van der Waals surface area contributed by atoms with E-state index in [2.05, 4.69) is 109 Å². The zero-order valence-electron chi connectivity index (χ0n) is 21.2. The number of allylic oxidation sites excluding steroid dienone is 1. The summed E-state index contributed by atoms with van der Waals surface area (Å²) in [6.07, 6.45) is 2.72. The molecule has 0 amide bonds. The van der Waals surface area contributed by atoms with Gasteiger partial charge in [0.2, 0.25) is 0 Å². The summed E-state index contributed by atoms with van der Waals surface area (Å²) in [5.41, 5.74) is 11.6. The van der Waals surface area contributed by atoms with Gasteiger partial charge in [0.1, 0.15) is 0 Å². The highest BCUT2D eigenvalue weighted by Gasteiger charge is 2.51. The van der Waals surface area contributed by atoms with Crippen LogP contribution in [-0.4, -0.2) is 0 Å². The molecule has 0 fully saturated rings. The number of rotatable bonds is 3. The number of nitriles is 2. The van der Waals surface area contributed by atoms with Crippen molar-refractivity contribution in [2.75, 3.05) is 4.90 Å². The third kappa shape index (κ3) is 3.08. The summed E-state index contributed by atoms with van der Waals surface area (Å²) in [6, 6.07) is 42.4. The van der Waals surface area contributed by atoms with E-state index < -0.39 is 5.41 Å². The van der Waals surface area contributed by atoms with Crippen molar-refractivity contribution >= 4 is 17.1 Å². The number of anilines is 3. The second-order valence-corrected chi connectivity index (χ2v) is 10.0. The first-order chi connectivity index (χ1) is 19.2. The van der Waals surface area contributed by atoms with Crippen molar-refractivity contribution < 1.29 is 0 Å². The lowest BCUT2D eigenvalue weighted by Crippen LogP contribution is -2.36. The molecule has 0 saturated heterocycles. The molecule has 39 heavy (non-hydrogen) atoms. The minimum absolute atomic E-state index is 0.621. The van der Waals surface area contributed by atoms with E-state index in [1.54, 1.807) is 0 Å². The Morgan fingerprint density at radius 1 is 0.641 bits per heavy atom. The average Bonchev–Trinajstić information content (AvgIpc) is 3.27. The molecular weight excluding hydrogens is 474 g/mol. The number of hydrogen-bond acceptors (Lipinski definition) is 3. The second kappa shape index (κ2) is 8.59. The van der Waals surface area contributed by atoms with Crippen LogP contribution in [0.25, 0.3) is 11.1 Å². The fraction of sp³-hybridized carbons (Fsp3) is 0.0556. The average molecular weight is 498 g/mol. The lowest BCUT2D eigenvalue weighted by Gasteiger charge is -2.45. The van der Waals surface area contributed by atoms with Crippen LogP contribution < -0.4 is 4.90 Å². The molecule has 0 atom stereocenters. The third-order valence-corrected chi connectivity index (χ3v) is 8.04. The molecule has 1 aliphatic carbocycles. The van der Waals surface area contributed by atoms with Gasteiger partial charge in [-0.2, -0.15) is 10.5 Å². The Balaban J connectivity index is 1.63. The lowest BCUT2D eigenvalue weighted by atomic mass is 9.64. The number of benzene rings is 5. The zero-order chi connectivity index (χ0) is 26.6. The topological polar surface area (TPSA) is 50.8 Å². The molecule has 5 aromatic rings. The molecule has 0 unspecified atom stereocenters. The zero-order valence-corrected chi connectivity index (χ0v) is 21.2. The van der Waals surface area contributed by atoms with Gasteiger partial charge in [0.05, 0.1) is 40.1 Å². The largest absolute Gasteiger partial charge is 0.310 e. The standard InChI is InChI=1S/C36H23N3/c1-2-8-24-9-7-10-27(19-24)39-34-13-5-3-11-30(34)36(31-12-4-6-14-35(31)39)32-20-25(22-37)15-17-28(32)29-18-16-26(23-38)21-33(29)36/h2-7,9-21H,1,8H2. The Labute approximate surface area is 228 Å². The smallest absolute Gasteiger partial charge is 0.0991 e. The number of nitrogens with zero attached hydrogens (tertiary/aromatic N) is 3. The Bertz CT molecular complexity index is 1790. The molecule has 3 nitrogen and oxygen atoms in total. The molecule has 0 aromatic heterocycles. The summed E-state index contributed by atoms with van der Waals surface area (Å²) in [5, 5.41) is 19.8. The summed E-state index contributed by atoms with van der Waals surface area (Å²) < 4.78 is 0. The van der Waals surface area contributed by atoms with Gasteiger partial charge >= 0.3 is 0 Å². The summed E-state index contributed by atoms with van der Waals surface area (Å²) in [7, 11) is 0. The Morgan fingerprint density at radius 2 is 1.21 bits per heavy atom. The van der Waals surface area contributed by atoms with Crippen LogP contribution in [-0.2, 0) is 11.8 Å². The van der Waals surface area contributed by atoms with Gasteiger partial charge in [0, 0.05) is 5.69 Å². The van der Waals surface area contributed by atoms with Crippen LogP contribution in [0.3, 0.4) is 0 Å². The predicted octanol–water partition coefficient (Wildman–Crippen LogP) is 8.30. The molecule has 2 aliphatic rings. The van der Waals surface area contributed by atoms with Crippen LogP contribution in [0.5, 0.6) is 0 Å². The number of hydrogen-bond donors (Lipinski definition) is 0. The first-order valence-corrected chi connectivity index (χ1v) is 13.0. The van der Waals surface area contributed by atoms with E-state index in [0.29, 0.717) is 11.1 Å². The summed E-state index contributed by atoms with van der Waals surface area (Å²) in [6.45, 7) is 3.93. The second-order valence-electron chi connectivity index (χ2n) is 10.0. The minimum atomic E-state index is -0.674. The van der Waals surface area contributed by atoms with Crippen LogP contribution in [0.15, 0.2) is 122 Å². The molecule has 182 valence electrons. The summed E-state index contributed by atoms with van der Waals surface area (Å²) in [5.74, 6) is 0. The molecule has 1 aliphatic heterocycles. The third-order valence-electron chi connectivity index (χ3n) is 8.04. The first kappa shape index (κ1) is 22.8. The van der Waals surface area contributed by atoms with Crippen LogP contribution in [0.2, 0.25) is 0 Å². The Hall–Kier alpha value is -5.38. The first-order valence-electron chi connectivity index (χ1n) is 13.0. The van der Waals surface area contributed by atoms with E-state index in [1.807, 2.05) is 30.3 Å². The normalized spacial score (nSPS) is 13.4. The molecule has 7 rings (SSSR count). The van der Waals surface area contributed by atoms with Gasteiger partial charge in [-0.05, 0) is 93.9 Å². The summed E-state index contributed by atoms with van der Waals surface area (Å²) in [4.78, 5) is 2.34. The fourth-order valence-electron chi connectivity index (χ4n) is 6.56. The molecule has 0 N–H and O–H groups in total. The number of para-hydroxylation sites is 2. The molecule has 0 bridgehead atoms. The maximum absolute atomic E-state index is 9.90. The molecular formula is C36H23N3. The van der Waals surface area contributed by atoms with Crippen LogP contribution in [0.4, 0.5) is 17.1 Å². The van der Waals surface area contributed by atoms with Crippen LogP contribution in [0.1, 0.15) is 38.9 Å². The van der Waals surface area contributed by atoms with Gasteiger partial charge in [-0.1, -0.05) is 66.7 Å². The van der Waals surface area contributed by atoms with Crippen molar-refractivity contribution in [3.8, 4) is 23.3 Å². The molecule has 0 radical (unpaired) electrons. The van der Waals surface area contributed by atoms with Gasteiger partial charge < -0.3 is 4.90 Å². The predicted molar refractivity (Wildman–Crippen MR) is 155 cm³/mol. The van der Waals surface area contributed by atoms with E-state index in [0.717, 1.165) is 56.9 Å². The fourth-order valence-corrected chi connectivity index (χ4v) is 6.56. The quantitative estimate of drug-likeness (QED) is 0.231. The van der Waals surface area contributed by atoms with Gasteiger partial charge in [-0.15, -0.1) is 6.58 Å². The molecule has 0 saturated carbocycles. The van der Waals surface area contributed by atoms with Crippen LogP contribution >= 0.6 is 0 Å². The van der Waals surface area contributed by atoms with E-state index in [4.69, 9.17) is 0 Å². The monoisotopic (exact) mass is 497 g/mol. The molecule has 3 heteroatoms. The molecule has 1 heterocycles. The molecule has 1 spiro atoms.